The van der Waals surface area contributed by atoms with Crippen molar-refractivity contribution in [3.05, 3.63) is 23.4 Å². The van der Waals surface area contributed by atoms with Gasteiger partial charge in [0.2, 0.25) is 0 Å². The first kappa shape index (κ1) is 13.1. The first-order valence-electron chi connectivity index (χ1n) is 6.06. The number of aromatic nitrogens is 1. The monoisotopic (exact) mass is 243 g/mol. The lowest BCUT2D eigenvalue weighted by molar-refractivity contribution is 0.00578. The molecule has 0 radical (unpaired) electrons. The van der Waals surface area contributed by atoms with Gasteiger partial charge in [-0.3, -0.25) is 0 Å². The van der Waals surface area contributed by atoms with E-state index in [9.17, 15) is 0 Å². The van der Waals surface area contributed by atoms with Gasteiger partial charge in [-0.05, 0) is 46.2 Å². The van der Waals surface area contributed by atoms with Gasteiger partial charge in [-0.2, -0.15) is 0 Å². The van der Waals surface area contributed by atoms with Crippen molar-refractivity contribution < 1.29 is 9.31 Å². The molecule has 1 saturated heterocycles. The first-order chi connectivity index (χ1) is 8.27. The van der Waals surface area contributed by atoms with Crippen LogP contribution in [0.15, 0.2) is 12.1 Å². The summed E-state index contributed by atoms with van der Waals surface area (Å²) in [6.45, 7) is 10.0. The van der Waals surface area contributed by atoms with Gasteiger partial charge in [-0.15, -0.1) is 6.42 Å². The molecule has 1 fully saturated rings. The second-order valence-electron chi connectivity index (χ2n) is 5.63. The Morgan fingerprint density at radius 1 is 1.17 bits per heavy atom. The Labute approximate surface area is 109 Å². The van der Waals surface area contributed by atoms with E-state index in [1.165, 1.54) is 0 Å². The molecule has 0 amide bonds. The molecular weight excluding hydrogens is 225 g/mol. The van der Waals surface area contributed by atoms with E-state index in [0.717, 1.165) is 11.2 Å². The average Bonchev–Trinajstić information content (AvgIpc) is 2.49. The summed E-state index contributed by atoms with van der Waals surface area (Å²) in [6.07, 6.45) is 5.43. The highest BCUT2D eigenvalue weighted by Gasteiger charge is 2.52. The van der Waals surface area contributed by atoms with Crippen molar-refractivity contribution in [2.24, 2.45) is 0 Å². The van der Waals surface area contributed by atoms with E-state index in [0.29, 0.717) is 5.69 Å². The van der Waals surface area contributed by atoms with Crippen LogP contribution < -0.4 is 5.59 Å². The predicted octanol–water partition coefficient (Wildman–Crippen LogP) is 1.67. The molecule has 0 spiro atoms. The Kier molecular flexibility index (Phi) is 3.00. The number of aryl methyl sites for hydroxylation is 1. The van der Waals surface area contributed by atoms with E-state index >= 15 is 0 Å². The molecule has 0 unspecified atom stereocenters. The molecule has 0 atom stereocenters. The van der Waals surface area contributed by atoms with Crippen LogP contribution in [0, 0.1) is 19.3 Å². The summed E-state index contributed by atoms with van der Waals surface area (Å²) < 4.78 is 11.9. The second-order valence-corrected chi connectivity index (χ2v) is 5.63. The highest BCUT2D eigenvalue weighted by Crippen LogP contribution is 2.36. The Morgan fingerprint density at radius 3 is 2.22 bits per heavy atom. The third-order valence-electron chi connectivity index (χ3n) is 3.75. The van der Waals surface area contributed by atoms with Crippen LogP contribution in [-0.2, 0) is 9.31 Å². The van der Waals surface area contributed by atoms with Gasteiger partial charge in [0.25, 0.3) is 0 Å². The van der Waals surface area contributed by atoms with Crippen molar-refractivity contribution in [3.63, 3.8) is 0 Å². The summed E-state index contributed by atoms with van der Waals surface area (Å²) in [5.41, 5.74) is 1.63. The fourth-order valence-corrected chi connectivity index (χ4v) is 1.79. The summed E-state index contributed by atoms with van der Waals surface area (Å²) >= 11 is 0. The van der Waals surface area contributed by atoms with Gasteiger partial charge >= 0.3 is 7.12 Å². The van der Waals surface area contributed by atoms with E-state index in [1.807, 2.05) is 46.8 Å². The van der Waals surface area contributed by atoms with E-state index < -0.39 is 7.12 Å². The molecule has 1 aliphatic rings. The summed E-state index contributed by atoms with van der Waals surface area (Å²) in [6, 6.07) is 3.85. The summed E-state index contributed by atoms with van der Waals surface area (Å²) in [4.78, 5) is 4.42. The van der Waals surface area contributed by atoms with Crippen LogP contribution in [0.4, 0.5) is 0 Å². The third kappa shape index (κ3) is 2.05. The molecule has 1 aliphatic heterocycles. The van der Waals surface area contributed by atoms with E-state index in [2.05, 4.69) is 10.9 Å². The van der Waals surface area contributed by atoms with Crippen molar-refractivity contribution in [3.8, 4) is 12.3 Å². The molecule has 1 aromatic rings. The fraction of sp³-hybridized carbons (Fsp3) is 0.500. The number of hydrogen-bond donors (Lipinski definition) is 0. The molecular formula is C14H18BNO2. The summed E-state index contributed by atoms with van der Waals surface area (Å²) in [7, 11) is -0.456. The maximum atomic E-state index is 5.94. The zero-order valence-corrected chi connectivity index (χ0v) is 11.6. The van der Waals surface area contributed by atoms with Crippen molar-refractivity contribution in [2.45, 2.75) is 45.8 Å². The van der Waals surface area contributed by atoms with Crippen molar-refractivity contribution in [2.75, 3.05) is 0 Å². The smallest absolute Gasteiger partial charge is 0.398 e. The largest absolute Gasteiger partial charge is 0.514 e. The van der Waals surface area contributed by atoms with Gasteiger partial charge < -0.3 is 9.31 Å². The van der Waals surface area contributed by atoms with E-state index in [1.54, 1.807) is 0 Å². The molecule has 2 rings (SSSR count). The van der Waals surface area contributed by atoms with Crippen molar-refractivity contribution in [1.82, 2.24) is 4.98 Å². The molecule has 1 aromatic heterocycles. The number of terminal acetylenes is 1. The lowest BCUT2D eigenvalue weighted by Crippen LogP contribution is -2.41. The highest BCUT2D eigenvalue weighted by molar-refractivity contribution is 6.61. The van der Waals surface area contributed by atoms with Gasteiger partial charge in [0, 0.05) is 0 Å². The van der Waals surface area contributed by atoms with Crippen LogP contribution in [0.3, 0.4) is 0 Å². The molecule has 0 aliphatic carbocycles. The molecule has 0 N–H and O–H groups in total. The van der Waals surface area contributed by atoms with E-state index in [4.69, 9.17) is 15.7 Å². The number of rotatable bonds is 1. The minimum Gasteiger partial charge on any atom is -0.398 e. The van der Waals surface area contributed by atoms with Crippen molar-refractivity contribution in [1.29, 1.82) is 0 Å². The maximum Gasteiger partial charge on any atom is 0.514 e. The first-order valence-corrected chi connectivity index (χ1v) is 6.06. The zero-order valence-electron chi connectivity index (χ0n) is 11.6. The van der Waals surface area contributed by atoms with Gasteiger partial charge in [0.1, 0.15) is 5.69 Å². The Morgan fingerprint density at radius 2 is 1.72 bits per heavy atom. The van der Waals surface area contributed by atoms with Crippen LogP contribution in [0.2, 0.25) is 0 Å². The summed E-state index contributed by atoms with van der Waals surface area (Å²) in [5, 5.41) is 0. The molecule has 3 nitrogen and oxygen atoms in total. The van der Waals surface area contributed by atoms with Crippen LogP contribution in [-0.4, -0.2) is 23.3 Å². The minimum atomic E-state index is -0.456. The van der Waals surface area contributed by atoms with Crippen LogP contribution in [0.1, 0.15) is 39.0 Å². The second kappa shape index (κ2) is 4.12. The minimum absolute atomic E-state index is 0.361. The maximum absolute atomic E-state index is 5.94. The molecule has 0 saturated carbocycles. The SMILES string of the molecule is C#Cc1nc(B2OC(C)(C)C(C)(C)O2)ccc1C. The fourth-order valence-electron chi connectivity index (χ4n) is 1.79. The highest BCUT2D eigenvalue weighted by atomic mass is 16.7. The lowest BCUT2D eigenvalue weighted by atomic mass is 9.83. The number of nitrogens with zero attached hydrogens (tertiary/aromatic N) is 1. The van der Waals surface area contributed by atoms with Crippen LogP contribution in [0.5, 0.6) is 0 Å². The van der Waals surface area contributed by atoms with Crippen LogP contribution in [0.25, 0.3) is 0 Å². The third-order valence-corrected chi connectivity index (χ3v) is 3.75. The molecule has 2 heterocycles. The van der Waals surface area contributed by atoms with Gasteiger partial charge in [-0.1, -0.05) is 12.0 Å². The Hall–Kier alpha value is -1.31. The van der Waals surface area contributed by atoms with Gasteiger partial charge in [0.05, 0.1) is 16.8 Å². The molecule has 0 bridgehead atoms. The number of hydrogen-bond acceptors (Lipinski definition) is 3. The van der Waals surface area contributed by atoms with Crippen LogP contribution >= 0.6 is 0 Å². The Bertz CT molecular complexity index is 501. The normalized spacial score (nSPS) is 20.8. The van der Waals surface area contributed by atoms with Gasteiger partial charge in [0.15, 0.2) is 0 Å². The van der Waals surface area contributed by atoms with Crippen molar-refractivity contribution >= 4 is 12.7 Å². The average molecular weight is 243 g/mol. The molecule has 18 heavy (non-hydrogen) atoms. The summed E-state index contributed by atoms with van der Waals surface area (Å²) in [5.74, 6) is 2.58. The quantitative estimate of drug-likeness (QED) is 0.555. The molecule has 0 aromatic carbocycles. The van der Waals surface area contributed by atoms with Gasteiger partial charge in [-0.25, -0.2) is 4.98 Å². The number of pyridine rings is 1. The standard InChI is InChI=1S/C14H18BNO2/c1-7-11-10(2)8-9-12(16-11)15-17-13(3,4)14(5,6)18-15/h1,8-9H,2-6H3. The zero-order chi connectivity index (χ0) is 13.6. The predicted molar refractivity (Wildman–Crippen MR) is 72.6 cm³/mol. The topological polar surface area (TPSA) is 31.4 Å². The molecule has 94 valence electrons. The molecule has 4 heteroatoms. The van der Waals surface area contributed by atoms with E-state index in [-0.39, 0.29) is 11.2 Å². The Balaban J connectivity index is 2.33. The lowest BCUT2D eigenvalue weighted by Gasteiger charge is -2.32.